The minimum atomic E-state index is -0.624. The van der Waals surface area contributed by atoms with E-state index in [9.17, 15) is 14.4 Å². The van der Waals surface area contributed by atoms with Crippen molar-refractivity contribution in [3.8, 4) is 0 Å². The van der Waals surface area contributed by atoms with Crippen molar-refractivity contribution in [1.82, 2.24) is 4.90 Å². The molecule has 2 rings (SSSR count). The molecule has 0 radical (unpaired) electrons. The Bertz CT molecular complexity index is 789. The molecule has 0 aromatic heterocycles. The Morgan fingerprint density at radius 2 is 1.59 bits per heavy atom. The molecule has 2 amide bonds. The van der Waals surface area contributed by atoms with Crippen molar-refractivity contribution >= 4 is 69.9 Å². The molecule has 1 aromatic rings. The quantitative estimate of drug-likeness (QED) is 0.479. The third-order valence-electron chi connectivity index (χ3n) is 4.48. The maximum atomic E-state index is 12.3. The van der Waals surface area contributed by atoms with Gasteiger partial charge in [-0.15, -0.1) is 0 Å². The number of hydrogen-bond acceptors (Lipinski definition) is 4. The van der Waals surface area contributed by atoms with Crippen molar-refractivity contribution in [3.63, 3.8) is 0 Å². The van der Waals surface area contributed by atoms with Gasteiger partial charge in [-0.05, 0) is 18.9 Å². The molecular formula is C19H22Cl4N2O4. The lowest BCUT2D eigenvalue weighted by Gasteiger charge is -2.34. The second kappa shape index (κ2) is 9.73. The Labute approximate surface area is 189 Å². The van der Waals surface area contributed by atoms with Crippen LogP contribution in [0.4, 0.5) is 5.69 Å². The van der Waals surface area contributed by atoms with Gasteiger partial charge < -0.3 is 15.0 Å². The Balaban J connectivity index is 1.86. The Morgan fingerprint density at radius 1 is 1.07 bits per heavy atom. The molecule has 0 spiro atoms. The molecule has 0 saturated carbocycles. The van der Waals surface area contributed by atoms with Gasteiger partial charge in [0.05, 0.1) is 31.7 Å². The van der Waals surface area contributed by atoms with Crippen molar-refractivity contribution in [2.45, 2.75) is 33.6 Å². The fraction of sp³-hybridized carbons (Fsp3) is 0.526. The number of benzene rings is 1. The monoisotopic (exact) mass is 482 g/mol. The Kier molecular flexibility index (Phi) is 8.08. The Hall–Kier alpha value is -1.21. The lowest BCUT2D eigenvalue weighted by Crippen LogP contribution is -2.45. The van der Waals surface area contributed by atoms with E-state index in [2.05, 4.69) is 5.32 Å². The van der Waals surface area contributed by atoms with E-state index in [4.69, 9.17) is 51.1 Å². The first-order chi connectivity index (χ1) is 13.4. The molecule has 0 unspecified atom stereocenters. The van der Waals surface area contributed by atoms with Gasteiger partial charge in [0.1, 0.15) is 0 Å². The molecule has 1 fully saturated rings. The predicted molar refractivity (Wildman–Crippen MR) is 115 cm³/mol. The maximum absolute atomic E-state index is 12.3. The van der Waals surface area contributed by atoms with E-state index in [1.54, 1.807) is 4.90 Å². The zero-order chi connectivity index (χ0) is 21.9. The lowest BCUT2D eigenvalue weighted by atomic mass is 9.91. The van der Waals surface area contributed by atoms with Crippen LogP contribution in [0.25, 0.3) is 0 Å². The molecular weight excluding hydrogens is 462 g/mol. The average molecular weight is 484 g/mol. The van der Waals surface area contributed by atoms with Crippen LogP contribution in [-0.2, 0) is 19.1 Å². The summed E-state index contributed by atoms with van der Waals surface area (Å²) in [4.78, 5) is 38.5. The fourth-order valence-electron chi connectivity index (χ4n) is 2.91. The van der Waals surface area contributed by atoms with Crippen molar-refractivity contribution in [2.75, 3.05) is 25.0 Å². The molecule has 29 heavy (non-hydrogen) atoms. The number of likely N-dealkylation sites (tertiary alicyclic amines) is 1. The number of ether oxygens (including phenoxy) is 1. The summed E-state index contributed by atoms with van der Waals surface area (Å²) in [6.45, 7) is 6.04. The zero-order valence-electron chi connectivity index (χ0n) is 16.3. The van der Waals surface area contributed by atoms with Gasteiger partial charge in [-0.2, -0.15) is 0 Å². The SMILES string of the molecule is CC(C)(C)C(=O)N1CCC(C(=O)OCC(=O)Nc2c(Cl)c(Cl)cc(Cl)c2Cl)CC1. The second-order valence-electron chi connectivity index (χ2n) is 7.82. The number of hydrogen-bond donors (Lipinski definition) is 1. The fourth-order valence-corrected chi connectivity index (χ4v) is 3.81. The van der Waals surface area contributed by atoms with Crippen LogP contribution in [0.2, 0.25) is 20.1 Å². The van der Waals surface area contributed by atoms with Gasteiger partial charge in [0.25, 0.3) is 5.91 Å². The topological polar surface area (TPSA) is 75.7 Å². The molecule has 0 bridgehead atoms. The van der Waals surface area contributed by atoms with Crippen LogP contribution in [0.1, 0.15) is 33.6 Å². The minimum absolute atomic E-state index is 0.0385. The number of rotatable bonds is 4. The lowest BCUT2D eigenvalue weighted by molar-refractivity contribution is -0.155. The van der Waals surface area contributed by atoms with E-state index in [1.165, 1.54) is 6.07 Å². The molecule has 6 nitrogen and oxygen atoms in total. The largest absolute Gasteiger partial charge is 0.455 e. The van der Waals surface area contributed by atoms with E-state index in [0.29, 0.717) is 25.9 Å². The summed E-state index contributed by atoms with van der Waals surface area (Å²) in [6, 6.07) is 1.36. The van der Waals surface area contributed by atoms with Crippen molar-refractivity contribution < 1.29 is 19.1 Å². The summed E-state index contributed by atoms with van der Waals surface area (Å²) in [5.74, 6) is -1.41. The van der Waals surface area contributed by atoms with Crippen LogP contribution in [0.3, 0.4) is 0 Å². The molecule has 10 heteroatoms. The summed E-state index contributed by atoms with van der Waals surface area (Å²) in [5, 5.41) is 2.79. The van der Waals surface area contributed by atoms with Crippen molar-refractivity contribution in [1.29, 1.82) is 0 Å². The standard InChI is InChI=1S/C19H22Cl4N2O4/c1-19(2,3)18(28)25-6-4-10(5-7-25)17(27)29-9-13(26)24-16-14(22)11(20)8-12(21)15(16)23/h8,10H,4-7,9H2,1-3H3,(H,24,26). The number of carbonyl (C=O) groups is 3. The predicted octanol–water partition coefficient (Wildman–Crippen LogP) is 5.07. The molecule has 1 N–H and O–H groups in total. The highest BCUT2D eigenvalue weighted by Gasteiger charge is 2.33. The van der Waals surface area contributed by atoms with E-state index < -0.39 is 23.9 Å². The third kappa shape index (κ3) is 6.14. The molecule has 1 saturated heterocycles. The summed E-state index contributed by atoms with van der Waals surface area (Å²) >= 11 is 23.9. The highest BCUT2D eigenvalue weighted by atomic mass is 35.5. The van der Waals surface area contributed by atoms with Gasteiger partial charge in [0, 0.05) is 18.5 Å². The molecule has 0 aliphatic carbocycles. The van der Waals surface area contributed by atoms with Crippen LogP contribution < -0.4 is 5.32 Å². The van der Waals surface area contributed by atoms with Gasteiger partial charge in [-0.25, -0.2) is 0 Å². The van der Waals surface area contributed by atoms with E-state index in [1.807, 2.05) is 20.8 Å². The summed E-state index contributed by atoms with van der Waals surface area (Å²) in [7, 11) is 0. The summed E-state index contributed by atoms with van der Waals surface area (Å²) in [6.07, 6.45) is 0.980. The first kappa shape index (κ1) is 24.1. The third-order valence-corrected chi connectivity index (χ3v) is 6.05. The van der Waals surface area contributed by atoms with Crippen LogP contribution in [0, 0.1) is 11.3 Å². The van der Waals surface area contributed by atoms with Gasteiger partial charge in [-0.1, -0.05) is 67.2 Å². The normalized spacial score (nSPS) is 15.2. The highest BCUT2D eigenvalue weighted by Crippen LogP contribution is 2.41. The van der Waals surface area contributed by atoms with Crippen LogP contribution in [0.5, 0.6) is 0 Å². The maximum Gasteiger partial charge on any atom is 0.309 e. The van der Waals surface area contributed by atoms with Crippen LogP contribution >= 0.6 is 46.4 Å². The summed E-state index contributed by atoms with van der Waals surface area (Å²) in [5.41, 5.74) is -0.405. The molecule has 1 aliphatic heterocycles. The van der Waals surface area contributed by atoms with Crippen molar-refractivity contribution in [3.05, 3.63) is 26.2 Å². The molecule has 1 aliphatic rings. The average Bonchev–Trinajstić information content (AvgIpc) is 2.66. The number of anilines is 1. The van der Waals surface area contributed by atoms with Crippen LogP contribution in [0.15, 0.2) is 6.07 Å². The number of halogens is 4. The first-order valence-electron chi connectivity index (χ1n) is 9.00. The zero-order valence-corrected chi connectivity index (χ0v) is 19.3. The number of nitrogens with zero attached hydrogens (tertiary/aromatic N) is 1. The molecule has 0 atom stereocenters. The molecule has 160 valence electrons. The highest BCUT2D eigenvalue weighted by molar-refractivity contribution is 6.50. The van der Waals surface area contributed by atoms with Gasteiger partial charge >= 0.3 is 5.97 Å². The molecule has 1 heterocycles. The minimum Gasteiger partial charge on any atom is -0.455 e. The number of carbonyl (C=O) groups excluding carboxylic acids is 3. The van der Waals surface area contributed by atoms with E-state index in [-0.39, 0.29) is 37.6 Å². The second-order valence-corrected chi connectivity index (χ2v) is 9.39. The van der Waals surface area contributed by atoms with Crippen molar-refractivity contribution in [2.24, 2.45) is 11.3 Å². The van der Waals surface area contributed by atoms with E-state index in [0.717, 1.165) is 0 Å². The Morgan fingerprint density at radius 3 is 2.07 bits per heavy atom. The first-order valence-corrected chi connectivity index (χ1v) is 10.5. The number of esters is 1. The van der Waals surface area contributed by atoms with Gasteiger partial charge in [-0.3, -0.25) is 14.4 Å². The number of piperidine rings is 1. The van der Waals surface area contributed by atoms with Crippen LogP contribution in [-0.4, -0.2) is 42.4 Å². The smallest absolute Gasteiger partial charge is 0.309 e. The van der Waals surface area contributed by atoms with E-state index >= 15 is 0 Å². The molecule has 1 aromatic carbocycles. The summed E-state index contributed by atoms with van der Waals surface area (Å²) < 4.78 is 5.11. The number of nitrogens with one attached hydrogen (secondary N) is 1. The number of amides is 2. The van der Waals surface area contributed by atoms with Gasteiger partial charge in [0.15, 0.2) is 6.61 Å². The van der Waals surface area contributed by atoms with Gasteiger partial charge in [0.2, 0.25) is 5.91 Å².